The minimum atomic E-state index is -1.54. The molecule has 3 heterocycles. The number of aryl methyl sites for hydroxylation is 2. The number of fused-ring (bicyclic) bond motifs is 3. The molecule has 0 saturated heterocycles. The fourth-order valence-electron chi connectivity index (χ4n) is 5.74. The molecule has 1 aromatic carbocycles. The van der Waals surface area contributed by atoms with Gasteiger partial charge in [-0.1, -0.05) is 44.1 Å². The topological polar surface area (TPSA) is 245 Å². The van der Waals surface area contributed by atoms with Crippen LogP contribution in [0.15, 0.2) is 33.8 Å². The van der Waals surface area contributed by atoms with Crippen LogP contribution < -0.4 is 26.6 Å². The van der Waals surface area contributed by atoms with E-state index in [0.717, 1.165) is 11.8 Å². The molecule has 1 aliphatic rings. The third-order valence-corrected chi connectivity index (χ3v) is 9.60. The minimum absolute atomic E-state index is 0.0787. The molecule has 3 aromatic rings. The zero-order valence-electron chi connectivity index (χ0n) is 29.3. The van der Waals surface area contributed by atoms with Crippen LogP contribution in [0.5, 0.6) is 0 Å². The van der Waals surface area contributed by atoms with E-state index in [-0.39, 0.29) is 35.8 Å². The molecule has 5 amide bonds. The van der Waals surface area contributed by atoms with E-state index in [0.29, 0.717) is 33.6 Å². The summed E-state index contributed by atoms with van der Waals surface area (Å²) in [5.41, 5.74) is 1.84. The highest BCUT2D eigenvalue weighted by Gasteiger charge is 2.35. The number of aliphatic carboxylic acids is 1. The first-order valence-corrected chi connectivity index (χ1v) is 17.7. The lowest BCUT2D eigenvalue weighted by Gasteiger charge is -2.27. The monoisotopic (exact) mass is 727 g/mol. The molecular formula is C34H45N7O9S. The van der Waals surface area contributed by atoms with Gasteiger partial charge in [-0.05, 0) is 51.2 Å². The Hall–Kier alpha value is -4.90. The van der Waals surface area contributed by atoms with Crippen LogP contribution in [0.2, 0.25) is 0 Å². The average Bonchev–Trinajstić information content (AvgIpc) is 3.62. The molecule has 17 heteroatoms. The molecule has 0 fully saturated rings. The second-order valence-electron chi connectivity index (χ2n) is 13.0. The zero-order valence-corrected chi connectivity index (χ0v) is 30.1. The largest absolute Gasteiger partial charge is 0.480 e. The molecule has 0 radical (unpaired) electrons. The number of amides is 5. The number of carbonyl (C=O) groups excluding carboxylic acids is 5. The molecule has 0 unspecified atom stereocenters. The fraction of sp³-hybridized carbons (Fsp3) is 0.500. The number of aromatic amines is 1. The fourth-order valence-corrected chi connectivity index (χ4v) is 6.85. The molecule has 51 heavy (non-hydrogen) atoms. The van der Waals surface area contributed by atoms with Crippen LogP contribution in [-0.2, 0) is 36.8 Å². The lowest BCUT2D eigenvalue weighted by molar-refractivity contribution is -0.142. The Morgan fingerprint density at radius 3 is 2.37 bits per heavy atom. The van der Waals surface area contributed by atoms with E-state index in [1.54, 1.807) is 32.0 Å². The van der Waals surface area contributed by atoms with Crippen molar-refractivity contribution in [1.29, 1.82) is 0 Å². The Labute approximate surface area is 298 Å². The molecule has 0 aliphatic carbocycles. The van der Waals surface area contributed by atoms with Gasteiger partial charge in [0.15, 0.2) is 0 Å². The molecular weight excluding hydrogens is 682 g/mol. The Bertz CT molecular complexity index is 1790. The third kappa shape index (κ3) is 9.46. The predicted molar refractivity (Wildman–Crippen MR) is 187 cm³/mol. The van der Waals surface area contributed by atoms with E-state index in [9.17, 15) is 39.0 Å². The van der Waals surface area contributed by atoms with Crippen molar-refractivity contribution in [3.8, 4) is 0 Å². The molecule has 4 rings (SSSR count). The lowest BCUT2D eigenvalue weighted by atomic mass is 10.00. The quantitative estimate of drug-likeness (QED) is 0.170. The number of hydrogen-bond donors (Lipinski definition) is 8. The van der Waals surface area contributed by atoms with E-state index in [2.05, 4.69) is 36.7 Å². The average molecular weight is 728 g/mol. The molecule has 0 spiro atoms. The van der Waals surface area contributed by atoms with Crippen LogP contribution in [0.3, 0.4) is 0 Å². The number of carboxylic acid groups (broad SMARTS) is 1. The number of carboxylic acids is 1. The van der Waals surface area contributed by atoms with Crippen LogP contribution in [0.1, 0.15) is 68.4 Å². The number of aliphatic hydroxyl groups excluding tert-OH is 1. The summed E-state index contributed by atoms with van der Waals surface area (Å²) >= 11 is 1.07. The van der Waals surface area contributed by atoms with Crippen molar-refractivity contribution in [3.63, 3.8) is 0 Å². The SMILES string of the molecule is CCc1noc(C)c1C(=O)N[C@H]1Cc2c([nH]c3ccccc23)SC[C@@H](C(=O)O)NC(=O)[C@H]([C@@H](C)O)NC(=O)[C@@H](C)NC(=O)[C@H](CC(C)C)NC1=O. The summed E-state index contributed by atoms with van der Waals surface area (Å²) in [6.45, 7) is 9.72. The number of thioether (sulfide) groups is 1. The van der Waals surface area contributed by atoms with Crippen molar-refractivity contribution in [2.24, 2.45) is 5.92 Å². The number of rotatable bonds is 7. The van der Waals surface area contributed by atoms with Crippen LogP contribution >= 0.6 is 11.8 Å². The van der Waals surface area contributed by atoms with Crippen LogP contribution in [0.25, 0.3) is 10.9 Å². The third-order valence-electron chi connectivity index (χ3n) is 8.46. The normalized spacial score (nSPS) is 23.3. The Morgan fingerprint density at radius 1 is 1.02 bits per heavy atom. The first-order valence-electron chi connectivity index (χ1n) is 16.7. The summed E-state index contributed by atoms with van der Waals surface area (Å²) in [6.07, 6.45) is -0.929. The van der Waals surface area contributed by atoms with E-state index in [1.807, 2.05) is 19.9 Å². The van der Waals surface area contributed by atoms with Gasteiger partial charge < -0.3 is 46.3 Å². The highest BCUT2D eigenvalue weighted by atomic mass is 32.2. The number of aromatic nitrogens is 2. The first-order chi connectivity index (χ1) is 24.1. The predicted octanol–water partition coefficient (Wildman–Crippen LogP) is 0.944. The van der Waals surface area contributed by atoms with Crippen molar-refractivity contribution < 1.29 is 43.5 Å². The van der Waals surface area contributed by atoms with Gasteiger partial charge in [0.1, 0.15) is 41.5 Å². The van der Waals surface area contributed by atoms with Crippen LogP contribution in [0.4, 0.5) is 0 Å². The van der Waals surface area contributed by atoms with E-state index >= 15 is 0 Å². The van der Waals surface area contributed by atoms with Gasteiger partial charge in [-0.15, -0.1) is 11.8 Å². The van der Waals surface area contributed by atoms with Gasteiger partial charge >= 0.3 is 5.97 Å². The highest BCUT2D eigenvalue weighted by molar-refractivity contribution is 7.99. The van der Waals surface area contributed by atoms with Crippen molar-refractivity contribution in [2.45, 2.75) is 102 Å². The van der Waals surface area contributed by atoms with Crippen LogP contribution in [0, 0.1) is 12.8 Å². The summed E-state index contributed by atoms with van der Waals surface area (Å²) in [5, 5.41) is 38.4. The molecule has 276 valence electrons. The number of para-hydroxylation sites is 1. The Morgan fingerprint density at radius 2 is 1.73 bits per heavy atom. The van der Waals surface area contributed by atoms with E-state index < -0.39 is 71.8 Å². The molecule has 6 atom stereocenters. The number of H-pyrrole nitrogens is 1. The Kier molecular flexibility index (Phi) is 12.9. The standard InChI is InChI=1S/C34H45N7O9S/c1-7-21-26(18(6)50-41-21)31(46)37-24-13-20-19-10-8-9-11-22(19)39-33(20)51-14-25(34(48)49)38-32(47)27(17(5)42)40-28(43)16(4)35-29(44)23(12-15(2)3)36-30(24)45/h8-11,15-17,23-25,27,39,42H,7,12-14H2,1-6H3,(H,35,44)(H,36,45)(H,37,46)(H,38,47)(H,40,43)(H,48,49)/t16-,17-,23+,24+,25+,27+/m1/s1. The number of nitrogens with zero attached hydrogens (tertiary/aromatic N) is 1. The Balaban J connectivity index is 1.82. The van der Waals surface area contributed by atoms with Gasteiger partial charge in [-0.25, -0.2) is 4.79 Å². The minimum Gasteiger partial charge on any atom is -0.480 e. The van der Waals surface area contributed by atoms with E-state index in [4.69, 9.17) is 4.52 Å². The number of carbonyl (C=O) groups is 6. The molecule has 2 aromatic heterocycles. The summed E-state index contributed by atoms with van der Waals surface area (Å²) in [6, 6.07) is 0.607. The summed E-state index contributed by atoms with van der Waals surface area (Å²) < 4.78 is 5.26. The van der Waals surface area contributed by atoms with Gasteiger partial charge in [0.2, 0.25) is 23.6 Å². The van der Waals surface area contributed by atoms with Gasteiger partial charge in [-0.3, -0.25) is 24.0 Å². The molecule has 0 saturated carbocycles. The zero-order chi connectivity index (χ0) is 37.6. The summed E-state index contributed by atoms with van der Waals surface area (Å²) in [4.78, 5) is 83.5. The maximum absolute atomic E-state index is 14.2. The van der Waals surface area contributed by atoms with Crippen molar-refractivity contribution in [1.82, 2.24) is 36.7 Å². The van der Waals surface area contributed by atoms with Crippen LogP contribution in [-0.4, -0.2) is 97.9 Å². The van der Waals surface area contributed by atoms with Gasteiger partial charge in [0.05, 0.1) is 16.8 Å². The highest BCUT2D eigenvalue weighted by Crippen LogP contribution is 2.32. The first kappa shape index (κ1) is 38.9. The molecule has 8 N–H and O–H groups in total. The van der Waals surface area contributed by atoms with E-state index in [1.165, 1.54) is 13.8 Å². The second kappa shape index (κ2) is 16.9. The van der Waals surface area contributed by atoms with Gasteiger partial charge in [0, 0.05) is 23.1 Å². The maximum Gasteiger partial charge on any atom is 0.327 e. The second-order valence-corrected chi connectivity index (χ2v) is 14.0. The molecule has 0 bridgehead atoms. The van der Waals surface area contributed by atoms with Gasteiger partial charge in [-0.2, -0.15) is 0 Å². The maximum atomic E-state index is 14.2. The van der Waals surface area contributed by atoms with Crippen molar-refractivity contribution >= 4 is 58.2 Å². The number of aliphatic hydroxyl groups is 1. The number of nitrogens with one attached hydrogen (secondary N) is 6. The van der Waals surface area contributed by atoms with Crippen molar-refractivity contribution in [3.05, 3.63) is 46.8 Å². The summed E-state index contributed by atoms with van der Waals surface area (Å²) in [7, 11) is 0. The molecule has 1 aliphatic heterocycles. The van der Waals surface area contributed by atoms with Crippen molar-refractivity contribution in [2.75, 3.05) is 5.75 Å². The molecule has 16 nitrogen and oxygen atoms in total. The lowest BCUT2D eigenvalue weighted by Crippen LogP contribution is -2.60. The smallest absolute Gasteiger partial charge is 0.327 e. The van der Waals surface area contributed by atoms with Gasteiger partial charge in [0.25, 0.3) is 5.91 Å². The number of benzene rings is 1. The summed E-state index contributed by atoms with van der Waals surface area (Å²) in [5.74, 6) is -5.12. The number of hydrogen-bond acceptors (Lipinski definition) is 10.